The highest BCUT2D eigenvalue weighted by Crippen LogP contribution is 2.41. The van der Waals surface area contributed by atoms with E-state index in [2.05, 4.69) is 41.2 Å². The molecule has 1 fully saturated rings. The predicted octanol–water partition coefficient (Wildman–Crippen LogP) is 3.67. The minimum atomic E-state index is 0.0528. The van der Waals surface area contributed by atoms with Gasteiger partial charge in [-0.1, -0.05) is 29.8 Å². The highest BCUT2D eigenvalue weighted by molar-refractivity contribution is 9.10. The number of ether oxygens (including phenoxy) is 2. The Kier molecular flexibility index (Phi) is 3.48. The number of hydrogen-bond donors (Lipinski definition) is 1. The van der Waals surface area contributed by atoms with Crippen molar-refractivity contribution in [3.8, 4) is 11.5 Å². The molecule has 2 aliphatic rings. The standard InChI is InChI=1S/C15H20BrNO2/c1-15(2)8-18-13-6-10(12-4-3-5-17-12)11(16)7-14(13)19-9-15/h6-7,12,17H,3-5,8-9H2,1-2H3. The average molecular weight is 326 g/mol. The first-order valence-corrected chi connectivity index (χ1v) is 7.67. The minimum absolute atomic E-state index is 0.0528. The molecule has 3 rings (SSSR count). The van der Waals surface area contributed by atoms with Crippen LogP contribution in [0.4, 0.5) is 0 Å². The van der Waals surface area contributed by atoms with E-state index < -0.39 is 0 Å². The second-order valence-electron chi connectivity index (χ2n) is 6.21. The van der Waals surface area contributed by atoms with Gasteiger partial charge in [-0.15, -0.1) is 0 Å². The summed E-state index contributed by atoms with van der Waals surface area (Å²) < 4.78 is 12.9. The molecule has 1 N–H and O–H groups in total. The monoisotopic (exact) mass is 325 g/mol. The third kappa shape index (κ3) is 2.75. The second kappa shape index (κ2) is 4.98. The zero-order valence-corrected chi connectivity index (χ0v) is 13.0. The molecule has 1 aromatic carbocycles. The van der Waals surface area contributed by atoms with Crippen molar-refractivity contribution in [2.24, 2.45) is 5.41 Å². The third-order valence-corrected chi connectivity index (χ3v) is 4.42. The SMILES string of the molecule is CC1(C)COc2cc(Br)c(C3CCCN3)cc2OC1. The normalized spacial score (nSPS) is 25.1. The molecule has 104 valence electrons. The number of halogens is 1. The molecule has 1 unspecified atom stereocenters. The maximum Gasteiger partial charge on any atom is 0.162 e. The van der Waals surface area contributed by atoms with E-state index in [4.69, 9.17) is 9.47 Å². The first-order valence-electron chi connectivity index (χ1n) is 6.88. The Hall–Kier alpha value is -0.740. The molecule has 4 heteroatoms. The lowest BCUT2D eigenvalue weighted by Crippen LogP contribution is -2.26. The highest BCUT2D eigenvalue weighted by atomic mass is 79.9. The lowest BCUT2D eigenvalue weighted by Gasteiger charge is -2.19. The molecule has 19 heavy (non-hydrogen) atoms. The van der Waals surface area contributed by atoms with Gasteiger partial charge in [0.2, 0.25) is 0 Å². The van der Waals surface area contributed by atoms with E-state index in [-0.39, 0.29) is 5.41 Å². The summed E-state index contributed by atoms with van der Waals surface area (Å²) in [6, 6.07) is 4.61. The van der Waals surface area contributed by atoms with E-state index >= 15 is 0 Å². The Morgan fingerprint density at radius 3 is 2.53 bits per heavy atom. The van der Waals surface area contributed by atoms with Gasteiger partial charge in [0.1, 0.15) is 0 Å². The van der Waals surface area contributed by atoms with Gasteiger partial charge < -0.3 is 14.8 Å². The van der Waals surface area contributed by atoms with Crippen LogP contribution >= 0.6 is 15.9 Å². The van der Waals surface area contributed by atoms with Gasteiger partial charge in [-0.25, -0.2) is 0 Å². The molecule has 1 saturated heterocycles. The van der Waals surface area contributed by atoms with Crippen LogP contribution in [-0.4, -0.2) is 19.8 Å². The first kappa shape index (κ1) is 13.3. The molecule has 0 radical (unpaired) electrons. The van der Waals surface area contributed by atoms with Gasteiger partial charge in [-0.3, -0.25) is 0 Å². The number of nitrogens with one attached hydrogen (secondary N) is 1. The first-order chi connectivity index (χ1) is 9.05. The van der Waals surface area contributed by atoms with Crippen LogP contribution in [0.25, 0.3) is 0 Å². The summed E-state index contributed by atoms with van der Waals surface area (Å²) in [5, 5.41) is 3.53. The molecular weight excluding hydrogens is 306 g/mol. The average Bonchev–Trinajstić information content (AvgIpc) is 2.84. The summed E-state index contributed by atoms with van der Waals surface area (Å²) >= 11 is 3.66. The van der Waals surface area contributed by atoms with Crippen LogP contribution in [-0.2, 0) is 0 Å². The predicted molar refractivity (Wildman–Crippen MR) is 78.9 cm³/mol. The molecule has 0 aromatic heterocycles. The maximum atomic E-state index is 5.95. The number of benzene rings is 1. The highest BCUT2D eigenvalue weighted by Gasteiger charge is 2.27. The lowest BCUT2D eigenvalue weighted by atomic mass is 9.97. The molecule has 3 nitrogen and oxygen atoms in total. The van der Waals surface area contributed by atoms with E-state index in [9.17, 15) is 0 Å². The smallest absolute Gasteiger partial charge is 0.162 e. The molecule has 0 amide bonds. The number of fused-ring (bicyclic) bond motifs is 1. The summed E-state index contributed by atoms with van der Waals surface area (Å²) in [5.74, 6) is 1.72. The van der Waals surface area contributed by atoms with E-state index in [1.807, 2.05) is 6.07 Å². The van der Waals surface area contributed by atoms with Crippen LogP contribution in [0.2, 0.25) is 0 Å². The van der Waals surface area contributed by atoms with Gasteiger partial charge in [0.15, 0.2) is 11.5 Å². The van der Waals surface area contributed by atoms with Crippen LogP contribution in [0.1, 0.15) is 38.3 Å². The topological polar surface area (TPSA) is 30.5 Å². The van der Waals surface area contributed by atoms with Crippen molar-refractivity contribution in [3.05, 3.63) is 22.2 Å². The Bertz CT molecular complexity index is 481. The van der Waals surface area contributed by atoms with Crippen LogP contribution in [0.15, 0.2) is 16.6 Å². The molecule has 0 saturated carbocycles. The van der Waals surface area contributed by atoms with Crippen LogP contribution < -0.4 is 14.8 Å². The van der Waals surface area contributed by atoms with E-state index in [0.717, 1.165) is 22.5 Å². The van der Waals surface area contributed by atoms with Gasteiger partial charge >= 0.3 is 0 Å². The molecule has 1 aromatic rings. The third-order valence-electron chi connectivity index (χ3n) is 3.74. The zero-order valence-electron chi connectivity index (χ0n) is 11.5. The van der Waals surface area contributed by atoms with E-state index in [1.165, 1.54) is 18.4 Å². The van der Waals surface area contributed by atoms with Crippen molar-refractivity contribution in [2.75, 3.05) is 19.8 Å². The quantitative estimate of drug-likeness (QED) is 0.854. The van der Waals surface area contributed by atoms with Gasteiger partial charge in [0, 0.05) is 15.9 Å². The Balaban J connectivity index is 1.92. The van der Waals surface area contributed by atoms with Gasteiger partial charge in [-0.2, -0.15) is 0 Å². The fraction of sp³-hybridized carbons (Fsp3) is 0.600. The summed E-state index contributed by atoms with van der Waals surface area (Å²) in [4.78, 5) is 0. The summed E-state index contributed by atoms with van der Waals surface area (Å²) in [7, 11) is 0. The fourth-order valence-corrected chi connectivity index (χ4v) is 3.18. The Labute approximate surface area is 122 Å². The fourth-order valence-electron chi connectivity index (χ4n) is 2.58. The largest absolute Gasteiger partial charge is 0.489 e. The van der Waals surface area contributed by atoms with E-state index in [1.54, 1.807) is 0 Å². The summed E-state index contributed by atoms with van der Waals surface area (Å²) in [6.45, 7) is 6.80. The maximum absolute atomic E-state index is 5.95. The molecular formula is C15H20BrNO2. The minimum Gasteiger partial charge on any atom is -0.489 e. The van der Waals surface area contributed by atoms with Gasteiger partial charge in [-0.05, 0) is 37.1 Å². The molecule has 0 aliphatic carbocycles. The van der Waals surface area contributed by atoms with Crippen molar-refractivity contribution in [1.82, 2.24) is 5.32 Å². The Morgan fingerprint density at radius 1 is 1.21 bits per heavy atom. The van der Waals surface area contributed by atoms with Crippen molar-refractivity contribution < 1.29 is 9.47 Å². The van der Waals surface area contributed by atoms with Crippen LogP contribution in [0.3, 0.4) is 0 Å². The molecule has 0 spiro atoms. The van der Waals surface area contributed by atoms with Gasteiger partial charge in [0.05, 0.1) is 13.2 Å². The van der Waals surface area contributed by atoms with Gasteiger partial charge in [0.25, 0.3) is 0 Å². The Morgan fingerprint density at radius 2 is 1.89 bits per heavy atom. The van der Waals surface area contributed by atoms with Crippen molar-refractivity contribution in [2.45, 2.75) is 32.7 Å². The molecule has 2 heterocycles. The lowest BCUT2D eigenvalue weighted by molar-refractivity contribution is 0.140. The molecule has 0 bridgehead atoms. The van der Waals surface area contributed by atoms with E-state index in [0.29, 0.717) is 19.3 Å². The summed E-state index contributed by atoms with van der Waals surface area (Å²) in [5.41, 5.74) is 1.33. The van der Waals surface area contributed by atoms with Crippen molar-refractivity contribution >= 4 is 15.9 Å². The van der Waals surface area contributed by atoms with Crippen LogP contribution in [0.5, 0.6) is 11.5 Å². The van der Waals surface area contributed by atoms with Crippen LogP contribution in [0, 0.1) is 5.41 Å². The number of hydrogen-bond acceptors (Lipinski definition) is 3. The number of rotatable bonds is 1. The zero-order chi connectivity index (χ0) is 13.5. The molecule has 2 aliphatic heterocycles. The van der Waals surface area contributed by atoms with Crippen molar-refractivity contribution in [3.63, 3.8) is 0 Å². The molecule has 1 atom stereocenters. The van der Waals surface area contributed by atoms with Crippen molar-refractivity contribution in [1.29, 1.82) is 0 Å². The summed E-state index contributed by atoms with van der Waals surface area (Å²) in [6.07, 6.45) is 2.42. The second-order valence-corrected chi connectivity index (χ2v) is 7.07.